The molecule has 0 aromatic heterocycles. The molecule has 7 heteroatoms. The molecule has 1 rings (SSSR count). The number of benzene rings is 1. The minimum absolute atomic E-state index is 0.0850. The van der Waals surface area contributed by atoms with Crippen molar-refractivity contribution in [3.05, 3.63) is 29.8 Å². The Morgan fingerprint density at radius 1 is 1.17 bits per heavy atom. The van der Waals surface area contributed by atoms with E-state index in [1.807, 2.05) is 39.8 Å². The standard InChI is InChI=1S/C22H39N5O2/c1-8-23-21(25-16-20(28)26-22(4,5)6)24-15-19(27(9-2)10-3)17-12-11-13-18(14-17)29-7/h11-14,19H,8-10,15-16H2,1-7H3,(H,26,28)(H2,23,24,25). The van der Waals surface area contributed by atoms with Gasteiger partial charge in [0, 0.05) is 18.6 Å². The number of methoxy groups -OCH3 is 1. The molecule has 164 valence electrons. The van der Waals surface area contributed by atoms with Crippen molar-refractivity contribution < 1.29 is 9.53 Å². The number of ether oxygens (including phenoxy) is 1. The van der Waals surface area contributed by atoms with E-state index in [9.17, 15) is 4.79 Å². The number of aliphatic imine (C=N–C) groups is 1. The van der Waals surface area contributed by atoms with Crippen molar-refractivity contribution in [3.8, 4) is 5.75 Å². The maximum Gasteiger partial charge on any atom is 0.242 e. The van der Waals surface area contributed by atoms with Gasteiger partial charge in [0.2, 0.25) is 5.91 Å². The first-order chi connectivity index (χ1) is 13.7. The van der Waals surface area contributed by atoms with Crippen molar-refractivity contribution >= 4 is 11.9 Å². The smallest absolute Gasteiger partial charge is 0.242 e. The van der Waals surface area contributed by atoms with Gasteiger partial charge in [-0.05, 0) is 58.5 Å². The molecule has 1 atom stereocenters. The zero-order valence-electron chi connectivity index (χ0n) is 19.1. The number of guanidine groups is 1. The molecular weight excluding hydrogens is 366 g/mol. The first kappa shape index (κ1) is 24.8. The van der Waals surface area contributed by atoms with E-state index in [0.717, 1.165) is 25.4 Å². The number of hydrogen-bond acceptors (Lipinski definition) is 4. The van der Waals surface area contributed by atoms with Crippen LogP contribution in [0.15, 0.2) is 29.3 Å². The lowest BCUT2D eigenvalue weighted by Crippen LogP contribution is -2.45. The van der Waals surface area contributed by atoms with Gasteiger partial charge < -0.3 is 20.7 Å². The number of carbonyl (C=O) groups is 1. The summed E-state index contributed by atoms with van der Waals surface area (Å²) in [4.78, 5) is 18.9. The van der Waals surface area contributed by atoms with Gasteiger partial charge in [-0.15, -0.1) is 0 Å². The molecule has 1 aromatic carbocycles. The Kier molecular flexibility index (Phi) is 10.5. The zero-order valence-corrected chi connectivity index (χ0v) is 19.1. The zero-order chi connectivity index (χ0) is 21.9. The molecule has 0 fully saturated rings. The van der Waals surface area contributed by atoms with Crippen molar-refractivity contribution in [2.45, 2.75) is 53.1 Å². The van der Waals surface area contributed by atoms with Gasteiger partial charge in [-0.25, -0.2) is 4.99 Å². The molecule has 0 saturated heterocycles. The summed E-state index contributed by atoms with van der Waals surface area (Å²) < 4.78 is 5.40. The monoisotopic (exact) mass is 405 g/mol. The fourth-order valence-electron chi connectivity index (χ4n) is 3.11. The third kappa shape index (κ3) is 9.17. The lowest BCUT2D eigenvalue weighted by molar-refractivity contribution is -0.121. The van der Waals surface area contributed by atoms with Crippen LogP contribution in [0.1, 0.15) is 53.1 Å². The van der Waals surface area contributed by atoms with E-state index in [2.05, 4.69) is 51.8 Å². The van der Waals surface area contributed by atoms with Gasteiger partial charge in [-0.2, -0.15) is 0 Å². The number of nitrogens with zero attached hydrogens (tertiary/aromatic N) is 2. The summed E-state index contributed by atoms with van der Waals surface area (Å²) in [5, 5.41) is 9.55. The summed E-state index contributed by atoms with van der Waals surface area (Å²) in [5.41, 5.74) is 0.917. The Bertz CT molecular complexity index is 651. The maximum atomic E-state index is 12.1. The molecule has 0 bridgehead atoms. The first-order valence-electron chi connectivity index (χ1n) is 10.4. The van der Waals surface area contributed by atoms with Crippen molar-refractivity contribution in [1.82, 2.24) is 20.9 Å². The summed E-state index contributed by atoms with van der Waals surface area (Å²) >= 11 is 0. The highest BCUT2D eigenvalue weighted by Crippen LogP contribution is 2.23. The third-order valence-corrected chi connectivity index (χ3v) is 4.43. The Labute approximate surface area is 176 Å². The highest BCUT2D eigenvalue weighted by Gasteiger charge is 2.19. The fraction of sp³-hybridized carbons (Fsp3) is 0.636. The second kappa shape index (κ2) is 12.3. The summed E-state index contributed by atoms with van der Waals surface area (Å²) in [7, 11) is 1.68. The number of hydrogen-bond donors (Lipinski definition) is 3. The Hall–Kier alpha value is -2.28. The van der Waals surface area contributed by atoms with Crippen LogP contribution in [-0.2, 0) is 4.79 Å². The van der Waals surface area contributed by atoms with Crippen LogP contribution < -0.4 is 20.7 Å². The molecule has 0 heterocycles. The van der Waals surface area contributed by atoms with E-state index >= 15 is 0 Å². The van der Waals surface area contributed by atoms with Gasteiger partial charge in [0.1, 0.15) is 12.3 Å². The molecule has 0 aliphatic carbocycles. The first-order valence-corrected chi connectivity index (χ1v) is 10.4. The maximum absolute atomic E-state index is 12.1. The van der Waals surface area contributed by atoms with Crippen molar-refractivity contribution in [3.63, 3.8) is 0 Å². The predicted octanol–water partition coefficient (Wildman–Crippen LogP) is 2.55. The van der Waals surface area contributed by atoms with Crippen molar-refractivity contribution in [2.24, 2.45) is 4.99 Å². The molecular formula is C22H39N5O2. The van der Waals surface area contributed by atoms with Gasteiger partial charge in [-0.3, -0.25) is 9.69 Å². The Morgan fingerprint density at radius 3 is 2.41 bits per heavy atom. The van der Waals surface area contributed by atoms with Crippen LogP contribution in [0.25, 0.3) is 0 Å². The van der Waals surface area contributed by atoms with Crippen LogP contribution >= 0.6 is 0 Å². The van der Waals surface area contributed by atoms with Crippen LogP contribution in [0.3, 0.4) is 0 Å². The average Bonchev–Trinajstić information content (AvgIpc) is 2.67. The number of likely N-dealkylation sites (N-methyl/N-ethyl adjacent to an activating group) is 1. The Morgan fingerprint density at radius 2 is 1.86 bits per heavy atom. The topological polar surface area (TPSA) is 78.0 Å². The van der Waals surface area contributed by atoms with Crippen molar-refractivity contribution in [2.75, 3.05) is 39.8 Å². The van der Waals surface area contributed by atoms with Crippen molar-refractivity contribution in [1.29, 1.82) is 0 Å². The van der Waals surface area contributed by atoms with E-state index in [4.69, 9.17) is 4.74 Å². The lowest BCUT2D eigenvalue weighted by Gasteiger charge is -2.31. The summed E-state index contributed by atoms with van der Waals surface area (Å²) in [6.07, 6.45) is 0. The molecule has 0 aliphatic heterocycles. The second-order valence-corrected chi connectivity index (χ2v) is 7.89. The van der Waals surface area contributed by atoms with E-state index in [1.54, 1.807) is 7.11 Å². The molecule has 0 saturated carbocycles. The number of rotatable bonds is 10. The normalized spacial score (nSPS) is 13.2. The lowest BCUT2D eigenvalue weighted by atomic mass is 10.0. The number of carbonyl (C=O) groups excluding carboxylic acids is 1. The van der Waals surface area contributed by atoms with Crippen LogP contribution in [0.5, 0.6) is 5.75 Å². The van der Waals surface area contributed by atoms with Crippen LogP contribution in [-0.4, -0.2) is 62.1 Å². The van der Waals surface area contributed by atoms with E-state index in [1.165, 1.54) is 5.56 Å². The summed E-state index contributed by atoms with van der Waals surface area (Å²) in [6.45, 7) is 15.5. The summed E-state index contributed by atoms with van der Waals surface area (Å²) in [5.74, 6) is 1.39. The molecule has 0 aliphatic rings. The molecule has 7 nitrogen and oxygen atoms in total. The van der Waals surface area contributed by atoms with Gasteiger partial charge in [0.25, 0.3) is 0 Å². The molecule has 1 unspecified atom stereocenters. The summed E-state index contributed by atoms with van der Waals surface area (Å²) in [6, 6.07) is 8.32. The van der Waals surface area contributed by atoms with Gasteiger partial charge >= 0.3 is 0 Å². The molecule has 1 aromatic rings. The quantitative estimate of drug-likeness (QED) is 0.412. The minimum atomic E-state index is -0.265. The SMILES string of the molecule is CCNC(=NCC(=O)NC(C)(C)C)NCC(c1cccc(OC)c1)N(CC)CC. The second-order valence-electron chi connectivity index (χ2n) is 7.89. The fourth-order valence-corrected chi connectivity index (χ4v) is 3.11. The van der Waals surface area contributed by atoms with Crippen LogP contribution in [0, 0.1) is 0 Å². The minimum Gasteiger partial charge on any atom is -0.497 e. The molecule has 1 amide bonds. The van der Waals surface area contributed by atoms with Gasteiger partial charge in [0.05, 0.1) is 13.2 Å². The average molecular weight is 406 g/mol. The number of amides is 1. The molecule has 29 heavy (non-hydrogen) atoms. The van der Waals surface area contributed by atoms with E-state index < -0.39 is 0 Å². The van der Waals surface area contributed by atoms with Crippen LogP contribution in [0.4, 0.5) is 0 Å². The number of nitrogens with one attached hydrogen (secondary N) is 3. The predicted molar refractivity (Wildman–Crippen MR) is 121 cm³/mol. The van der Waals surface area contributed by atoms with E-state index in [-0.39, 0.29) is 24.0 Å². The Balaban J connectivity index is 2.92. The van der Waals surface area contributed by atoms with E-state index in [0.29, 0.717) is 12.5 Å². The van der Waals surface area contributed by atoms with Gasteiger partial charge in [-0.1, -0.05) is 26.0 Å². The van der Waals surface area contributed by atoms with Crippen LogP contribution in [0.2, 0.25) is 0 Å². The highest BCUT2D eigenvalue weighted by molar-refractivity contribution is 5.85. The highest BCUT2D eigenvalue weighted by atomic mass is 16.5. The molecule has 0 spiro atoms. The third-order valence-electron chi connectivity index (χ3n) is 4.43. The molecule has 3 N–H and O–H groups in total. The largest absolute Gasteiger partial charge is 0.497 e. The van der Waals surface area contributed by atoms with Gasteiger partial charge in [0.15, 0.2) is 5.96 Å². The molecule has 0 radical (unpaired) electrons.